The Balaban J connectivity index is 2.08. The summed E-state index contributed by atoms with van der Waals surface area (Å²) in [5.41, 5.74) is 1.98. The normalized spacial score (nSPS) is 12.2. The van der Waals surface area contributed by atoms with Gasteiger partial charge in [0.1, 0.15) is 5.75 Å². The number of aliphatic hydroxyl groups is 1. The first-order valence-electron chi connectivity index (χ1n) is 6.95. The standard InChI is InChI=1S/C17H18Br2O2/c1-2-8-21-17-7-6-13(11-15(17)19)16(20)10-12-4-3-5-14(18)9-12/h3-7,9,11,16,20H,2,8,10H2,1H3. The average molecular weight is 414 g/mol. The van der Waals surface area contributed by atoms with Gasteiger partial charge in [-0.15, -0.1) is 0 Å². The molecule has 1 unspecified atom stereocenters. The minimum absolute atomic E-state index is 0.532. The Morgan fingerprint density at radius 1 is 1.14 bits per heavy atom. The molecule has 2 aromatic carbocycles. The molecule has 0 radical (unpaired) electrons. The summed E-state index contributed by atoms with van der Waals surface area (Å²) >= 11 is 6.95. The van der Waals surface area contributed by atoms with Crippen molar-refractivity contribution in [2.75, 3.05) is 6.61 Å². The predicted molar refractivity (Wildman–Crippen MR) is 92.7 cm³/mol. The summed E-state index contributed by atoms with van der Waals surface area (Å²) in [6, 6.07) is 13.7. The van der Waals surface area contributed by atoms with E-state index in [0.717, 1.165) is 32.2 Å². The van der Waals surface area contributed by atoms with E-state index in [0.29, 0.717) is 13.0 Å². The Kier molecular flexibility index (Phi) is 6.27. The van der Waals surface area contributed by atoms with E-state index in [4.69, 9.17) is 4.74 Å². The zero-order valence-corrected chi connectivity index (χ0v) is 15.0. The zero-order valence-electron chi connectivity index (χ0n) is 11.9. The lowest BCUT2D eigenvalue weighted by Gasteiger charge is -2.14. The van der Waals surface area contributed by atoms with Gasteiger partial charge >= 0.3 is 0 Å². The van der Waals surface area contributed by atoms with E-state index in [1.807, 2.05) is 42.5 Å². The van der Waals surface area contributed by atoms with Crippen molar-refractivity contribution >= 4 is 31.9 Å². The summed E-state index contributed by atoms with van der Waals surface area (Å²) in [5.74, 6) is 0.815. The summed E-state index contributed by atoms with van der Waals surface area (Å²) in [4.78, 5) is 0. The van der Waals surface area contributed by atoms with Gasteiger partial charge in [-0.25, -0.2) is 0 Å². The second kappa shape index (κ2) is 7.97. The minimum Gasteiger partial charge on any atom is -0.492 e. The molecule has 0 bridgehead atoms. The number of hydrogen-bond acceptors (Lipinski definition) is 2. The number of hydrogen-bond donors (Lipinski definition) is 1. The topological polar surface area (TPSA) is 29.5 Å². The van der Waals surface area contributed by atoms with Crippen LogP contribution < -0.4 is 4.74 Å². The molecule has 0 aliphatic heterocycles. The van der Waals surface area contributed by atoms with E-state index >= 15 is 0 Å². The number of rotatable bonds is 6. The van der Waals surface area contributed by atoms with Gasteiger partial charge in [-0.1, -0.05) is 41.1 Å². The molecule has 0 heterocycles. The van der Waals surface area contributed by atoms with Gasteiger partial charge in [0.15, 0.2) is 0 Å². The van der Waals surface area contributed by atoms with Gasteiger partial charge in [-0.3, -0.25) is 0 Å². The van der Waals surface area contributed by atoms with Crippen LogP contribution in [0.25, 0.3) is 0 Å². The predicted octanol–water partition coefficient (Wildman–Crippen LogP) is 5.28. The lowest BCUT2D eigenvalue weighted by atomic mass is 10.0. The van der Waals surface area contributed by atoms with E-state index in [2.05, 4.69) is 38.8 Å². The first-order valence-corrected chi connectivity index (χ1v) is 8.53. The van der Waals surface area contributed by atoms with Crippen molar-refractivity contribution < 1.29 is 9.84 Å². The first kappa shape index (κ1) is 16.5. The Labute approximate surface area is 142 Å². The van der Waals surface area contributed by atoms with Crippen molar-refractivity contribution in [3.63, 3.8) is 0 Å². The van der Waals surface area contributed by atoms with Crippen LogP contribution in [0.2, 0.25) is 0 Å². The highest BCUT2D eigenvalue weighted by Crippen LogP contribution is 2.30. The molecule has 21 heavy (non-hydrogen) atoms. The summed E-state index contributed by atoms with van der Waals surface area (Å²) in [5, 5.41) is 10.4. The molecule has 0 aliphatic rings. The summed E-state index contributed by atoms with van der Waals surface area (Å²) in [6.45, 7) is 2.77. The van der Waals surface area contributed by atoms with Gasteiger partial charge in [-0.05, 0) is 57.7 Å². The number of benzene rings is 2. The largest absolute Gasteiger partial charge is 0.492 e. The van der Waals surface area contributed by atoms with Crippen LogP contribution >= 0.6 is 31.9 Å². The molecular weight excluding hydrogens is 396 g/mol. The van der Waals surface area contributed by atoms with Crippen LogP contribution in [-0.4, -0.2) is 11.7 Å². The fourth-order valence-corrected chi connectivity index (χ4v) is 3.02. The minimum atomic E-state index is -0.532. The van der Waals surface area contributed by atoms with Crippen LogP contribution in [0.5, 0.6) is 5.75 Å². The van der Waals surface area contributed by atoms with E-state index in [1.165, 1.54) is 0 Å². The molecule has 2 rings (SSSR count). The first-order chi connectivity index (χ1) is 10.1. The van der Waals surface area contributed by atoms with Gasteiger partial charge in [0.25, 0.3) is 0 Å². The maximum absolute atomic E-state index is 10.4. The fraction of sp³-hybridized carbons (Fsp3) is 0.294. The third kappa shape index (κ3) is 4.83. The summed E-state index contributed by atoms with van der Waals surface area (Å²) < 4.78 is 7.52. The fourth-order valence-electron chi connectivity index (χ4n) is 2.06. The highest BCUT2D eigenvalue weighted by atomic mass is 79.9. The molecule has 112 valence electrons. The molecule has 0 saturated heterocycles. The van der Waals surface area contributed by atoms with Crippen LogP contribution in [-0.2, 0) is 6.42 Å². The van der Waals surface area contributed by atoms with Crippen LogP contribution in [0.1, 0.15) is 30.6 Å². The van der Waals surface area contributed by atoms with Crippen molar-refractivity contribution in [2.24, 2.45) is 0 Å². The molecule has 0 fully saturated rings. The van der Waals surface area contributed by atoms with E-state index in [1.54, 1.807) is 0 Å². The maximum Gasteiger partial charge on any atom is 0.133 e. The molecule has 0 amide bonds. The average Bonchev–Trinajstić information content (AvgIpc) is 2.46. The molecule has 2 nitrogen and oxygen atoms in total. The maximum atomic E-state index is 10.4. The molecule has 0 aromatic heterocycles. The third-order valence-electron chi connectivity index (χ3n) is 3.12. The zero-order chi connectivity index (χ0) is 15.2. The summed E-state index contributed by atoms with van der Waals surface area (Å²) in [7, 11) is 0. The Morgan fingerprint density at radius 2 is 1.95 bits per heavy atom. The van der Waals surface area contributed by atoms with Gasteiger partial charge in [-0.2, -0.15) is 0 Å². The Morgan fingerprint density at radius 3 is 2.62 bits per heavy atom. The van der Waals surface area contributed by atoms with Crippen molar-refractivity contribution in [2.45, 2.75) is 25.9 Å². The molecular formula is C17H18Br2O2. The summed E-state index contributed by atoms with van der Waals surface area (Å²) in [6.07, 6.45) is 1.02. The van der Waals surface area contributed by atoms with Crippen LogP contribution in [0, 0.1) is 0 Å². The number of aliphatic hydroxyl groups excluding tert-OH is 1. The quantitative estimate of drug-likeness (QED) is 0.698. The highest BCUT2D eigenvalue weighted by molar-refractivity contribution is 9.10. The molecule has 2 aromatic rings. The van der Waals surface area contributed by atoms with Crippen LogP contribution in [0.4, 0.5) is 0 Å². The molecule has 0 saturated carbocycles. The van der Waals surface area contributed by atoms with E-state index < -0.39 is 6.10 Å². The Bertz CT molecular complexity index is 599. The Hall–Kier alpha value is -0.840. The van der Waals surface area contributed by atoms with Crippen molar-refractivity contribution in [3.8, 4) is 5.75 Å². The molecule has 4 heteroatoms. The van der Waals surface area contributed by atoms with Crippen LogP contribution in [0.3, 0.4) is 0 Å². The SMILES string of the molecule is CCCOc1ccc(C(O)Cc2cccc(Br)c2)cc1Br. The number of ether oxygens (including phenoxy) is 1. The van der Waals surface area contributed by atoms with Crippen LogP contribution in [0.15, 0.2) is 51.4 Å². The second-order valence-corrected chi connectivity index (χ2v) is 6.66. The molecule has 0 aliphatic carbocycles. The van der Waals surface area contributed by atoms with E-state index in [9.17, 15) is 5.11 Å². The van der Waals surface area contributed by atoms with Crippen molar-refractivity contribution in [1.29, 1.82) is 0 Å². The lowest BCUT2D eigenvalue weighted by molar-refractivity contribution is 0.178. The van der Waals surface area contributed by atoms with Gasteiger partial charge < -0.3 is 9.84 Å². The monoisotopic (exact) mass is 412 g/mol. The van der Waals surface area contributed by atoms with E-state index in [-0.39, 0.29) is 0 Å². The van der Waals surface area contributed by atoms with Gasteiger partial charge in [0.05, 0.1) is 17.2 Å². The lowest BCUT2D eigenvalue weighted by Crippen LogP contribution is -2.03. The smallest absolute Gasteiger partial charge is 0.133 e. The van der Waals surface area contributed by atoms with Crippen molar-refractivity contribution in [1.82, 2.24) is 0 Å². The third-order valence-corrected chi connectivity index (χ3v) is 4.23. The van der Waals surface area contributed by atoms with Crippen molar-refractivity contribution in [3.05, 3.63) is 62.5 Å². The molecule has 1 atom stereocenters. The second-order valence-electron chi connectivity index (χ2n) is 4.89. The number of halogens is 2. The highest BCUT2D eigenvalue weighted by Gasteiger charge is 2.11. The molecule has 1 N–H and O–H groups in total. The molecule has 0 spiro atoms. The van der Waals surface area contributed by atoms with Gasteiger partial charge in [0.2, 0.25) is 0 Å². The van der Waals surface area contributed by atoms with Gasteiger partial charge in [0, 0.05) is 10.9 Å².